The van der Waals surface area contributed by atoms with Gasteiger partial charge in [0.2, 0.25) is 5.91 Å². The molecule has 0 saturated carbocycles. The van der Waals surface area contributed by atoms with Crippen molar-refractivity contribution in [1.29, 1.82) is 0 Å². The van der Waals surface area contributed by atoms with Crippen molar-refractivity contribution in [3.8, 4) is 5.75 Å². The van der Waals surface area contributed by atoms with E-state index < -0.39 is 54.8 Å². The van der Waals surface area contributed by atoms with Gasteiger partial charge in [0.1, 0.15) is 12.1 Å². The van der Waals surface area contributed by atoms with Crippen LogP contribution in [0.15, 0.2) is 18.5 Å². The van der Waals surface area contributed by atoms with Gasteiger partial charge in [-0.15, -0.1) is 0 Å². The number of benzene rings is 1. The molecule has 1 saturated heterocycles. The molecule has 2 atom stereocenters. The van der Waals surface area contributed by atoms with Crippen LogP contribution in [0, 0.1) is 5.92 Å². The van der Waals surface area contributed by atoms with Gasteiger partial charge in [0.15, 0.2) is 0 Å². The Bertz CT molecular complexity index is 1500. The van der Waals surface area contributed by atoms with Crippen LogP contribution >= 0.6 is 23.2 Å². The number of imidazole rings is 1. The molecule has 19 heteroatoms. The number of hydrogen-bond donors (Lipinski definition) is 0. The van der Waals surface area contributed by atoms with Crippen LogP contribution in [0.5, 0.6) is 5.75 Å². The number of aryl methyl sites for hydroxylation is 1. The van der Waals surface area contributed by atoms with Crippen LogP contribution in [0.2, 0.25) is 10.0 Å². The number of carbonyl (C=O) groups is 1. The minimum absolute atomic E-state index is 0.0718. The molecule has 39 heavy (non-hydrogen) atoms. The first-order valence-electron chi connectivity index (χ1n) is 11.0. The lowest BCUT2D eigenvalue weighted by atomic mass is 9.94. The largest absolute Gasteiger partial charge is 0.534 e. The maximum atomic E-state index is 13.2. The monoisotopic (exact) mass is 643 g/mol. The Morgan fingerprint density at radius 2 is 1.62 bits per heavy atom. The number of halogens is 8. The maximum Gasteiger partial charge on any atom is 0.534 e. The molecule has 0 radical (unpaired) electrons. The van der Waals surface area contributed by atoms with Crippen LogP contribution in [0.25, 0.3) is 0 Å². The summed E-state index contributed by atoms with van der Waals surface area (Å²) >= 11 is 12.2. The molecule has 1 aliphatic carbocycles. The van der Waals surface area contributed by atoms with Gasteiger partial charge in [-0.3, -0.25) is 4.79 Å². The zero-order valence-corrected chi connectivity index (χ0v) is 22.4. The predicted molar refractivity (Wildman–Crippen MR) is 124 cm³/mol. The van der Waals surface area contributed by atoms with Gasteiger partial charge in [0.05, 0.1) is 11.4 Å². The van der Waals surface area contributed by atoms with E-state index in [1.54, 1.807) is 0 Å². The molecule has 1 aliphatic heterocycles. The average Bonchev–Trinajstić information content (AvgIpc) is 3.37. The van der Waals surface area contributed by atoms with Gasteiger partial charge in [-0.2, -0.15) is 43.2 Å². The average molecular weight is 644 g/mol. The standard InChI is InChI=1S/C20H17Cl2F6N3O6S2/c21-14-7-12(37-39(35,36)20(26,27)28)8-15(22)13(14)5-10-3-4-30(18(10)32)11-1-2-16-17(6-11)31(9-29-16)38(33,34)19(23,24)25/h7-11H,1-6H2. The summed E-state index contributed by atoms with van der Waals surface area (Å²) in [5.41, 5.74) is -11.0. The molecule has 1 aromatic heterocycles. The van der Waals surface area contributed by atoms with E-state index in [1.165, 1.54) is 4.90 Å². The Labute approximate surface area is 227 Å². The lowest BCUT2D eigenvalue weighted by Crippen LogP contribution is -2.42. The number of nitrogens with zero attached hydrogens (tertiary/aromatic N) is 3. The van der Waals surface area contributed by atoms with Gasteiger partial charge in [-0.25, -0.2) is 8.96 Å². The van der Waals surface area contributed by atoms with Crippen molar-refractivity contribution in [3.63, 3.8) is 0 Å². The summed E-state index contributed by atoms with van der Waals surface area (Å²) in [5.74, 6) is -1.90. The lowest BCUT2D eigenvalue weighted by molar-refractivity contribution is -0.133. The highest BCUT2D eigenvalue weighted by atomic mass is 35.5. The Morgan fingerprint density at radius 1 is 1.00 bits per heavy atom. The fourth-order valence-electron chi connectivity index (χ4n) is 4.58. The number of rotatable bonds is 6. The molecule has 2 aromatic rings. The highest BCUT2D eigenvalue weighted by Gasteiger charge is 2.50. The fourth-order valence-corrected chi connectivity index (χ4v) is 6.51. The van der Waals surface area contributed by atoms with Crippen molar-refractivity contribution >= 4 is 49.3 Å². The first-order chi connectivity index (χ1) is 17.8. The normalized spacial score (nSPS) is 20.8. The Balaban J connectivity index is 1.49. The number of carbonyl (C=O) groups excluding carboxylic acids is 1. The summed E-state index contributed by atoms with van der Waals surface area (Å²) in [4.78, 5) is 18.4. The fraction of sp³-hybridized carbons (Fsp3) is 0.500. The van der Waals surface area contributed by atoms with E-state index >= 15 is 0 Å². The molecule has 216 valence electrons. The van der Waals surface area contributed by atoms with Crippen LogP contribution < -0.4 is 4.18 Å². The molecule has 4 rings (SSSR count). The Kier molecular flexibility index (Phi) is 7.62. The number of alkyl halides is 6. The van der Waals surface area contributed by atoms with E-state index in [0.29, 0.717) is 12.7 Å². The number of likely N-dealkylation sites (tertiary alicyclic amines) is 1. The third-order valence-corrected chi connectivity index (χ3v) is 9.53. The zero-order chi connectivity index (χ0) is 29.1. The molecular weight excluding hydrogens is 627 g/mol. The van der Waals surface area contributed by atoms with Gasteiger partial charge in [-0.05, 0) is 31.2 Å². The third kappa shape index (κ3) is 5.54. The molecule has 2 heterocycles. The lowest BCUT2D eigenvalue weighted by Gasteiger charge is -2.31. The number of fused-ring (bicyclic) bond motifs is 1. The molecule has 2 unspecified atom stereocenters. The molecular formula is C20H17Cl2F6N3O6S2. The van der Waals surface area contributed by atoms with Crippen molar-refractivity contribution in [2.24, 2.45) is 5.92 Å². The van der Waals surface area contributed by atoms with Crippen LogP contribution in [0.3, 0.4) is 0 Å². The predicted octanol–water partition coefficient (Wildman–Crippen LogP) is 4.06. The molecule has 1 aromatic carbocycles. The molecule has 1 fully saturated rings. The third-order valence-electron chi connectivity index (χ3n) is 6.46. The second kappa shape index (κ2) is 9.99. The van der Waals surface area contributed by atoms with Gasteiger partial charge in [0.25, 0.3) is 0 Å². The van der Waals surface area contributed by atoms with E-state index in [-0.39, 0.29) is 63.2 Å². The molecule has 1 amide bonds. The van der Waals surface area contributed by atoms with Crippen LogP contribution in [-0.4, -0.2) is 60.2 Å². The van der Waals surface area contributed by atoms with Gasteiger partial charge in [-0.1, -0.05) is 23.2 Å². The van der Waals surface area contributed by atoms with Crippen molar-refractivity contribution in [2.75, 3.05) is 6.54 Å². The van der Waals surface area contributed by atoms with Gasteiger partial charge >= 0.3 is 31.2 Å². The van der Waals surface area contributed by atoms with Crippen LogP contribution in [0.1, 0.15) is 29.8 Å². The minimum Gasteiger partial charge on any atom is -0.376 e. The molecule has 0 spiro atoms. The molecule has 9 nitrogen and oxygen atoms in total. The first-order valence-corrected chi connectivity index (χ1v) is 14.6. The van der Waals surface area contributed by atoms with Gasteiger partial charge in [0, 0.05) is 47.1 Å². The topological polar surface area (TPSA) is 116 Å². The van der Waals surface area contributed by atoms with E-state index in [0.717, 1.165) is 12.1 Å². The summed E-state index contributed by atoms with van der Waals surface area (Å²) in [6.07, 6.45) is 1.10. The highest BCUT2D eigenvalue weighted by molar-refractivity contribution is 7.90. The maximum absolute atomic E-state index is 13.2. The number of amides is 1. The van der Waals surface area contributed by atoms with Crippen molar-refractivity contribution in [1.82, 2.24) is 13.9 Å². The van der Waals surface area contributed by atoms with Crippen molar-refractivity contribution < 1.29 is 52.2 Å². The zero-order valence-electron chi connectivity index (χ0n) is 19.3. The summed E-state index contributed by atoms with van der Waals surface area (Å²) in [6.45, 7) is 0.198. The van der Waals surface area contributed by atoms with Crippen LogP contribution in [0.4, 0.5) is 26.3 Å². The van der Waals surface area contributed by atoms with E-state index in [9.17, 15) is 48.0 Å². The summed E-state index contributed by atoms with van der Waals surface area (Å²) in [5, 5.41) is -0.491. The van der Waals surface area contributed by atoms with E-state index in [4.69, 9.17) is 23.2 Å². The minimum atomic E-state index is -5.97. The summed E-state index contributed by atoms with van der Waals surface area (Å²) in [7, 11) is -11.7. The molecule has 0 N–H and O–H groups in total. The quantitative estimate of drug-likeness (QED) is 0.265. The van der Waals surface area contributed by atoms with E-state index in [1.807, 2.05) is 0 Å². The van der Waals surface area contributed by atoms with Crippen molar-refractivity contribution in [3.05, 3.63) is 45.5 Å². The van der Waals surface area contributed by atoms with Gasteiger partial charge < -0.3 is 9.08 Å². The SMILES string of the molecule is O=C1C(Cc2c(Cl)cc(OS(=O)(=O)C(F)(F)F)cc2Cl)CCN1C1CCc2ncn(S(=O)(=O)C(F)(F)F)c2C1. The Morgan fingerprint density at radius 3 is 2.18 bits per heavy atom. The molecule has 0 bridgehead atoms. The smallest absolute Gasteiger partial charge is 0.376 e. The van der Waals surface area contributed by atoms with E-state index in [2.05, 4.69) is 9.17 Å². The summed E-state index contributed by atoms with van der Waals surface area (Å²) < 4.78 is 128. The molecule has 2 aliphatic rings. The van der Waals surface area contributed by atoms with Crippen molar-refractivity contribution in [2.45, 2.75) is 49.2 Å². The summed E-state index contributed by atoms with van der Waals surface area (Å²) in [6, 6.07) is 1.02. The number of aromatic nitrogens is 2. The first kappa shape index (κ1) is 29.7. The highest BCUT2D eigenvalue weighted by Crippen LogP contribution is 2.38. The second-order valence-electron chi connectivity index (χ2n) is 8.85. The van der Waals surface area contributed by atoms with Crippen LogP contribution in [-0.2, 0) is 44.2 Å². The number of hydrogen-bond acceptors (Lipinski definition) is 7. The second-order valence-corrected chi connectivity index (χ2v) is 13.0. The Hall–Kier alpha value is -2.24.